The number of unbranched alkanes of at least 4 members (excludes halogenated alkanes) is 1. The predicted molar refractivity (Wildman–Crippen MR) is 112 cm³/mol. The standard InChI is InChI=1S/C23H36N2O5/c1-3-30-23(29)18-15(2)11-12-17-19(18)22(28)25(13-7-8-14-26)20(17)21(27)24-16-9-5-4-6-10-16/h11-12,15-20,26H,3-10,13-14H2,1-2H3,(H,24,27)/t15-,17+,18-,19+,20+/m1/s1. The SMILES string of the molecule is CCOC(=O)[C@H]1[C@H]2C(=O)N(CCCCO)[C@H](C(=O)NC3CCCCC3)[C@H]2C=C[C@H]1C. The Labute approximate surface area is 179 Å². The Bertz CT molecular complexity index is 658. The minimum atomic E-state index is -0.608. The van der Waals surface area contributed by atoms with E-state index < -0.39 is 17.9 Å². The van der Waals surface area contributed by atoms with Gasteiger partial charge in [0.05, 0.1) is 18.4 Å². The summed E-state index contributed by atoms with van der Waals surface area (Å²) in [5.41, 5.74) is 0. The number of nitrogens with one attached hydrogen (secondary N) is 1. The zero-order chi connectivity index (χ0) is 21.7. The van der Waals surface area contributed by atoms with E-state index in [0.29, 0.717) is 19.4 Å². The number of likely N-dealkylation sites (tertiary alicyclic amines) is 1. The highest BCUT2D eigenvalue weighted by Crippen LogP contribution is 2.44. The van der Waals surface area contributed by atoms with Crippen LogP contribution in [0.5, 0.6) is 0 Å². The summed E-state index contributed by atoms with van der Waals surface area (Å²) in [7, 11) is 0. The van der Waals surface area contributed by atoms with E-state index in [2.05, 4.69) is 5.32 Å². The molecule has 0 aromatic heterocycles. The normalized spacial score (nSPS) is 31.5. The van der Waals surface area contributed by atoms with Crippen molar-refractivity contribution >= 4 is 17.8 Å². The molecule has 5 atom stereocenters. The molecule has 3 aliphatic rings. The molecule has 0 aromatic carbocycles. The van der Waals surface area contributed by atoms with Gasteiger partial charge in [0.15, 0.2) is 0 Å². The number of ether oxygens (including phenoxy) is 1. The molecule has 0 unspecified atom stereocenters. The summed E-state index contributed by atoms with van der Waals surface area (Å²) in [6, 6.07) is -0.448. The van der Waals surface area contributed by atoms with Crippen molar-refractivity contribution in [2.24, 2.45) is 23.7 Å². The number of fused-ring (bicyclic) bond motifs is 1. The molecular weight excluding hydrogens is 384 g/mol. The molecule has 7 nitrogen and oxygen atoms in total. The van der Waals surface area contributed by atoms with E-state index >= 15 is 0 Å². The fraction of sp³-hybridized carbons (Fsp3) is 0.783. The van der Waals surface area contributed by atoms with Crippen molar-refractivity contribution in [3.8, 4) is 0 Å². The molecule has 2 N–H and O–H groups in total. The first-order chi connectivity index (χ1) is 14.5. The number of esters is 1. The molecule has 7 heteroatoms. The second kappa shape index (κ2) is 10.4. The number of carbonyl (C=O) groups excluding carboxylic acids is 3. The van der Waals surface area contributed by atoms with Gasteiger partial charge in [0.25, 0.3) is 0 Å². The first-order valence-corrected chi connectivity index (χ1v) is 11.6. The number of allylic oxidation sites excluding steroid dienone is 1. The molecule has 1 saturated heterocycles. The van der Waals surface area contributed by atoms with Gasteiger partial charge in [0, 0.05) is 25.1 Å². The van der Waals surface area contributed by atoms with Gasteiger partial charge in [-0.2, -0.15) is 0 Å². The summed E-state index contributed by atoms with van der Waals surface area (Å²) in [6.45, 7) is 4.41. The summed E-state index contributed by atoms with van der Waals surface area (Å²) >= 11 is 0. The van der Waals surface area contributed by atoms with Crippen LogP contribution in [0.1, 0.15) is 58.8 Å². The van der Waals surface area contributed by atoms with Crippen LogP contribution in [0.15, 0.2) is 12.2 Å². The van der Waals surface area contributed by atoms with Crippen LogP contribution in [-0.2, 0) is 19.1 Å². The van der Waals surface area contributed by atoms with Gasteiger partial charge < -0.3 is 20.1 Å². The number of nitrogens with zero attached hydrogens (tertiary/aromatic N) is 1. The maximum atomic E-state index is 13.4. The van der Waals surface area contributed by atoms with E-state index in [1.807, 2.05) is 19.1 Å². The molecule has 0 radical (unpaired) electrons. The van der Waals surface area contributed by atoms with Gasteiger partial charge in [-0.1, -0.05) is 38.3 Å². The van der Waals surface area contributed by atoms with Crippen LogP contribution in [0, 0.1) is 23.7 Å². The molecular formula is C23H36N2O5. The van der Waals surface area contributed by atoms with Crippen LogP contribution < -0.4 is 5.32 Å². The van der Waals surface area contributed by atoms with E-state index in [1.165, 1.54) is 6.42 Å². The van der Waals surface area contributed by atoms with Gasteiger partial charge in [-0.15, -0.1) is 0 Å². The lowest BCUT2D eigenvalue weighted by Crippen LogP contribution is -2.50. The minimum absolute atomic E-state index is 0.0518. The highest BCUT2D eigenvalue weighted by molar-refractivity contribution is 5.96. The van der Waals surface area contributed by atoms with Gasteiger partial charge in [0.2, 0.25) is 11.8 Å². The maximum absolute atomic E-state index is 13.4. The highest BCUT2D eigenvalue weighted by Gasteiger charge is 2.57. The Kier molecular flexibility index (Phi) is 7.92. The summed E-state index contributed by atoms with van der Waals surface area (Å²) in [6.07, 6.45) is 10.5. The first-order valence-electron chi connectivity index (χ1n) is 11.6. The average molecular weight is 421 g/mol. The second-order valence-electron chi connectivity index (χ2n) is 8.88. The summed E-state index contributed by atoms with van der Waals surface area (Å²) < 4.78 is 5.28. The van der Waals surface area contributed by atoms with Crippen molar-refractivity contribution < 1.29 is 24.2 Å². The molecule has 1 aliphatic heterocycles. The van der Waals surface area contributed by atoms with Crippen LogP contribution in [0.2, 0.25) is 0 Å². The van der Waals surface area contributed by atoms with Crippen molar-refractivity contribution in [2.45, 2.75) is 70.9 Å². The van der Waals surface area contributed by atoms with Gasteiger partial charge >= 0.3 is 5.97 Å². The summed E-state index contributed by atoms with van der Waals surface area (Å²) in [5.74, 6) is -2.21. The Hall–Kier alpha value is -1.89. The summed E-state index contributed by atoms with van der Waals surface area (Å²) in [4.78, 5) is 41.1. The van der Waals surface area contributed by atoms with Crippen LogP contribution in [0.3, 0.4) is 0 Å². The summed E-state index contributed by atoms with van der Waals surface area (Å²) in [5, 5.41) is 12.3. The lowest BCUT2D eigenvalue weighted by molar-refractivity contribution is -0.155. The number of hydrogen-bond acceptors (Lipinski definition) is 5. The van der Waals surface area contributed by atoms with Crippen molar-refractivity contribution in [3.05, 3.63) is 12.2 Å². The molecule has 0 aromatic rings. The lowest BCUT2D eigenvalue weighted by atomic mass is 9.70. The van der Waals surface area contributed by atoms with Crippen molar-refractivity contribution in [3.63, 3.8) is 0 Å². The number of aliphatic hydroxyl groups excluding tert-OH is 1. The number of aliphatic hydroxyl groups is 1. The predicted octanol–water partition coefficient (Wildman–Crippen LogP) is 2.04. The van der Waals surface area contributed by atoms with E-state index in [0.717, 1.165) is 25.7 Å². The van der Waals surface area contributed by atoms with E-state index in [4.69, 9.17) is 9.84 Å². The van der Waals surface area contributed by atoms with Gasteiger partial charge in [-0.05, 0) is 38.5 Å². The van der Waals surface area contributed by atoms with Gasteiger partial charge in [-0.25, -0.2) is 0 Å². The van der Waals surface area contributed by atoms with Crippen LogP contribution in [0.25, 0.3) is 0 Å². The molecule has 2 fully saturated rings. The molecule has 30 heavy (non-hydrogen) atoms. The molecule has 168 valence electrons. The molecule has 2 aliphatic carbocycles. The van der Waals surface area contributed by atoms with Gasteiger partial charge in [-0.3, -0.25) is 14.4 Å². The van der Waals surface area contributed by atoms with Crippen molar-refractivity contribution in [1.82, 2.24) is 10.2 Å². The first kappa shape index (κ1) is 22.8. The zero-order valence-electron chi connectivity index (χ0n) is 18.2. The molecule has 1 saturated carbocycles. The number of rotatable bonds is 8. The van der Waals surface area contributed by atoms with E-state index in [1.54, 1.807) is 11.8 Å². The van der Waals surface area contributed by atoms with Crippen LogP contribution >= 0.6 is 0 Å². The third kappa shape index (κ3) is 4.71. The molecule has 3 rings (SSSR count). The highest BCUT2D eigenvalue weighted by atomic mass is 16.5. The third-order valence-corrected chi connectivity index (χ3v) is 6.86. The molecule has 0 spiro atoms. The molecule has 1 heterocycles. The van der Waals surface area contributed by atoms with Crippen molar-refractivity contribution in [1.29, 1.82) is 0 Å². The molecule has 0 bridgehead atoms. The smallest absolute Gasteiger partial charge is 0.310 e. The Balaban J connectivity index is 1.85. The fourth-order valence-electron chi connectivity index (χ4n) is 5.36. The monoisotopic (exact) mass is 420 g/mol. The Morgan fingerprint density at radius 1 is 1.20 bits per heavy atom. The number of carbonyl (C=O) groups is 3. The van der Waals surface area contributed by atoms with E-state index in [-0.39, 0.29) is 48.9 Å². The largest absolute Gasteiger partial charge is 0.466 e. The quantitative estimate of drug-likeness (QED) is 0.356. The fourth-order valence-corrected chi connectivity index (χ4v) is 5.36. The topological polar surface area (TPSA) is 95.9 Å². The van der Waals surface area contributed by atoms with Gasteiger partial charge in [0.1, 0.15) is 6.04 Å². The maximum Gasteiger partial charge on any atom is 0.310 e. The third-order valence-electron chi connectivity index (χ3n) is 6.86. The number of amides is 2. The lowest BCUT2D eigenvalue weighted by Gasteiger charge is -2.33. The zero-order valence-corrected chi connectivity index (χ0v) is 18.2. The Morgan fingerprint density at radius 3 is 2.60 bits per heavy atom. The van der Waals surface area contributed by atoms with E-state index in [9.17, 15) is 14.4 Å². The van der Waals surface area contributed by atoms with Crippen molar-refractivity contribution in [2.75, 3.05) is 19.8 Å². The molecule has 2 amide bonds. The second-order valence-corrected chi connectivity index (χ2v) is 8.88. The van der Waals surface area contributed by atoms with Crippen LogP contribution in [-0.4, -0.2) is 59.6 Å². The number of hydrogen-bond donors (Lipinski definition) is 2. The van der Waals surface area contributed by atoms with Crippen LogP contribution in [0.4, 0.5) is 0 Å². The minimum Gasteiger partial charge on any atom is -0.466 e. The average Bonchev–Trinajstić information content (AvgIpc) is 3.01. The Morgan fingerprint density at radius 2 is 1.93 bits per heavy atom.